The summed E-state index contributed by atoms with van der Waals surface area (Å²) in [6.07, 6.45) is 4.44. The van der Waals surface area contributed by atoms with E-state index in [2.05, 4.69) is 45.7 Å². The molecule has 1 atom stereocenters. The number of hydrogen-bond donors (Lipinski definition) is 2. The average Bonchev–Trinajstić information content (AvgIpc) is 3.31. The van der Waals surface area contributed by atoms with Crippen LogP contribution in [0.1, 0.15) is 36.4 Å². The van der Waals surface area contributed by atoms with E-state index in [1.165, 1.54) is 23.4 Å². The number of benzene rings is 2. The number of hydrogen-bond acceptors (Lipinski definition) is 4. The van der Waals surface area contributed by atoms with Gasteiger partial charge in [-0.25, -0.2) is 4.39 Å². The Kier molecular flexibility index (Phi) is 6.96. The molecule has 2 amide bonds. The monoisotopic (exact) mass is 458 g/mol. The van der Waals surface area contributed by atoms with Crippen molar-refractivity contribution in [3.8, 4) is 0 Å². The van der Waals surface area contributed by atoms with Gasteiger partial charge in [0.1, 0.15) is 5.82 Å². The Balaban J connectivity index is 1.44. The molecule has 0 bridgehead atoms. The van der Waals surface area contributed by atoms with E-state index in [1.54, 1.807) is 0 Å². The number of nitrogens with one attached hydrogen (secondary N) is 2. The molecule has 0 aliphatic carbocycles. The van der Waals surface area contributed by atoms with E-state index in [4.69, 9.17) is 11.6 Å². The summed E-state index contributed by atoms with van der Waals surface area (Å²) in [6.45, 7) is 3.34. The van der Waals surface area contributed by atoms with E-state index in [-0.39, 0.29) is 16.8 Å². The van der Waals surface area contributed by atoms with Gasteiger partial charge in [0.2, 0.25) is 0 Å². The van der Waals surface area contributed by atoms with Crippen molar-refractivity contribution in [1.29, 1.82) is 0 Å². The SMILES string of the molecule is CN1CCCc2cc([C@@H](CNC(=O)C(=O)Nc3ccc(F)c(Cl)c3)N3CCCC3)ccc21. The van der Waals surface area contributed by atoms with Gasteiger partial charge in [-0.3, -0.25) is 14.5 Å². The number of aryl methyl sites for hydroxylation is 1. The van der Waals surface area contributed by atoms with E-state index in [1.807, 2.05) is 0 Å². The molecule has 170 valence electrons. The number of likely N-dealkylation sites (tertiary alicyclic amines) is 1. The van der Waals surface area contributed by atoms with Crippen molar-refractivity contribution in [1.82, 2.24) is 10.2 Å². The molecule has 2 N–H and O–H groups in total. The summed E-state index contributed by atoms with van der Waals surface area (Å²) in [7, 11) is 2.11. The lowest BCUT2D eigenvalue weighted by molar-refractivity contribution is -0.136. The van der Waals surface area contributed by atoms with Crippen molar-refractivity contribution < 1.29 is 14.0 Å². The average molecular weight is 459 g/mol. The molecule has 0 saturated carbocycles. The molecule has 2 aliphatic heterocycles. The van der Waals surface area contributed by atoms with E-state index in [0.29, 0.717) is 6.54 Å². The predicted molar refractivity (Wildman–Crippen MR) is 125 cm³/mol. The molecule has 0 aromatic heterocycles. The molecule has 1 saturated heterocycles. The van der Waals surface area contributed by atoms with E-state index >= 15 is 0 Å². The second-order valence-electron chi connectivity index (χ2n) is 8.47. The molecule has 0 spiro atoms. The highest BCUT2D eigenvalue weighted by Gasteiger charge is 2.26. The molecule has 2 heterocycles. The molecule has 32 heavy (non-hydrogen) atoms. The number of halogens is 2. The zero-order chi connectivity index (χ0) is 22.7. The number of fused-ring (bicyclic) bond motifs is 1. The third-order valence-electron chi connectivity index (χ3n) is 6.26. The largest absolute Gasteiger partial charge is 0.374 e. The summed E-state index contributed by atoms with van der Waals surface area (Å²) in [4.78, 5) is 29.4. The van der Waals surface area contributed by atoms with Gasteiger partial charge in [0.25, 0.3) is 0 Å². The topological polar surface area (TPSA) is 64.7 Å². The number of nitrogens with zero attached hydrogens (tertiary/aromatic N) is 2. The Morgan fingerprint density at radius 3 is 2.59 bits per heavy atom. The van der Waals surface area contributed by atoms with Crippen molar-refractivity contribution in [2.24, 2.45) is 0 Å². The highest BCUT2D eigenvalue weighted by atomic mass is 35.5. The first kappa shape index (κ1) is 22.6. The Labute approximate surface area is 192 Å². The summed E-state index contributed by atoms with van der Waals surface area (Å²) in [5.41, 5.74) is 4.03. The molecule has 8 heteroatoms. The van der Waals surface area contributed by atoms with Gasteiger partial charge in [0.05, 0.1) is 11.1 Å². The van der Waals surface area contributed by atoms with Crippen LogP contribution in [-0.2, 0) is 16.0 Å². The second-order valence-corrected chi connectivity index (χ2v) is 8.87. The van der Waals surface area contributed by atoms with Crippen LogP contribution in [0, 0.1) is 5.82 Å². The van der Waals surface area contributed by atoms with Gasteiger partial charge in [0.15, 0.2) is 0 Å². The third-order valence-corrected chi connectivity index (χ3v) is 6.55. The van der Waals surface area contributed by atoms with Gasteiger partial charge in [-0.15, -0.1) is 0 Å². The standard InChI is InChI=1S/C24H28ClFN4O2/c1-29-10-4-5-16-13-17(6-9-21(16)29)22(30-11-2-3-12-30)15-27-23(31)24(32)28-18-7-8-20(26)19(25)14-18/h6-9,13-14,22H,2-5,10-12,15H2,1H3,(H,27,31)(H,28,32)/t22-/m1/s1. The molecule has 1 fully saturated rings. The first-order valence-electron chi connectivity index (χ1n) is 11.0. The summed E-state index contributed by atoms with van der Waals surface area (Å²) in [5, 5.41) is 5.13. The van der Waals surface area contributed by atoms with Crippen LogP contribution in [0.4, 0.5) is 15.8 Å². The third kappa shape index (κ3) is 5.05. The normalized spacial score (nSPS) is 17.0. The van der Waals surface area contributed by atoms with E-state index in [0.717, 1.165) is 56.9 Å². The lowest BCUT2D eigenvalue weighted by atomic mass is 9.96. The van der Waals surface area contributed by atoms with Gasteiger partial charge < -0.3 is 15.5 Å². The summed E-state index contributed by atoms with van der Waals surface area (Å²) < 4.78 is 13.3. The first-order valence-corrected chi connectivity index (χ1v) is 11.4. The first-order chi connectivity index (χ1) is 15.4. The van der Waals surface area contributed by atoms with Crippen molar-refractivity contribution in [3.63, 3.8) is 0 Å². The van der Waals surface area contributed by atoms with Crippen LogP contribution >= 0.6 is 11.6 Å². The Morgan fingerprint density at radius 1 is 1.06 bits per heavy atom. The minimum atomic E-state index is -0.806. The van der Waals surface area contributed by atoms with Crippen LogP contribution in [0.5, 0.6) is 0 Å². The summed E-state index contributed by atoms with van der Waals surface area (Å²) in [5.74, 6) is -2.12. The number of anilines is 2. The fourth-order valence-corrected chi connectivity index (χ4v) is 4.74. The van der Waals surface area contributed by atoms with Crippen LogP contribution in [0.15, 0.2) is 36.4 Å². The highest BCUT2D eigenvalue weighted by Crippen LogP contribution is 2.31. The van der Waals surface area contributed by atoms with Gasteiger partial charge in [0, 0.05) is 31.5 Å². The second kappa shape index (κ2) is 9.88. The van der Waals surface area contributed by atoms with Gasteiger partial charge >= 0.3 is 11.8 Å². The smallest absolute Gasteiger partial charge is 0.313 e. The van der Waals surface area contributed by atoms with Crippen LogP contribution < -0.4 is 15.5 Å². The van der Waals surface area contributed by atoms with Crippen molar-refractivity contribution in [2.45, 2.75) is 31.7 Å². The zero-order valence-corrected chi connectivity index (χ0v) is 18.9. The maximum absolute atomic E-state index is 13.3. The zero-order valence-electron chi connectivity index (χ0n) is 18.2. The Morgan fingerprint density at radius 2 is 1.84 bits per heavy atom. The van der Waals surface area contributed by atoms with Crippen LogP contribution in [0.3, 0.4) is 0 Å². The minimum Gasteiger partial charge on any atom is -0.374 e. The molecule has 2 aromatic rings. The quantitative estimate of drug-likeness (QED) is 0.670. The highest BCUT2D eigenvalue weighted by molar-refractivity contribution is 6.39. The summed E-state index contributed by atoms with van der Waals surface area (Å²) in [6, 6.07) is 10.3. The lowest BCUT2D eigenvalue weighted by Gasteiger charge is -2.31. The molecule has 2 aromatic carbocycles. The molecule has 0 unspecified atom stereocenters. The van der Waals surface area contributed by atoms with Crippen molar-refractivity contribution in [3.05, 3.63) is 58.4 Å². The van der Waals surface area contributed by atoms with Crippen LogP contribution in [-0.4, -0.2) is 49.9 Å². The minimum absolute atomic E-state index is 0.00653. The van der Waals surface area contributed by atoms with Crippen molar-refractivity contribution in [2.75, 3.05) is 43.4 Å². The lowest BCUT2D eigenvalue weighted by Crippen LogP contribution is -2.41. The molecule has 2 aliphatic rings. The predicted octanol–water partition coefficient (Wildman–Crippen LogP) is 3.75. The van der Waals surface area contributed by atoms with Gasteiger partial charge in [-0.1, -0.05) is 23.7 Å². The molecule has 0 radical (unpaired) electrons. The summed E-state index contributed by atoms with van der Waals surface area (Å²) >= 11 is 5.74. The van der Waals surface area contributed by atoms with E-state index in [9.17, 15) is 14.0 Å². The van der Waals surface area contributed by atoms with Gasteiger partial charge in [-0.05, 0) is 74.2 Å². The van der Waals surface area contributed by atoms with Gasteiger partial charge in [-0.2, -0.15) is 0 Å². The molecular weight excluding hydrogens is 431 g/mol. The molecule has 6 nitrogen and oxygen atoms in total. The van der Waals surface area contributed by atoms with Crippen LogP contribution in [0.2, 0.25) is 5.02 Å². The fourth-order valence-electron chi connectivity index (χ4n) is 4.55. The maximum atomic E-state index is 13.3. The Hall–Kier alpha value is -2.64. The fraction of sp³-hybridized carbons (Fsp3) is 0.417. The number of amides is 2. The molecular formula is C24H28ClFN4O2. The maximum Gasteiger partial charge on any atom is 0.313 e. The van der Waals surface area contributed by atoms with Crippen molar-refractivity contribution >= 4 is 34.8 Å². The van der Waals surface area contributed by atoms with E-state index < -0.39 is 17.6 Å². The Bertz CT molecular complexity index is 1010. The number of rotatable bonds is 5. The number of carbonyl (C=O) groups is 2. The van der Waals surface area contributed by atoms with Crippen LogP contribution in [0.25, 0.3) is 0 Å². The molecule has 4 rings (SSSR count). The number of carbonyl (C=O) groups excluding carboxylic acids is 2.